The largest absolute Gasteiger partial charge is 0.489 e. The van der Waals surface area contributed by atoms with Gasteiger partial charge in [-0.05, 0) is 49.1 Å². The van der Waals surface area contributed by atoms with E-state index < -0.39 is 0 Å². The van der Waals surface area contributed by atoms with Crippen molar-refractivity contribution in [2.45, 2.75) is 46.3 Å². The summed E-state index contributed by atoms with van der Waals surface area (Å²) in [6, 6.07) is 25.8. The molecule has 1 heterocycles. The fourth-order valence-corrected chi connectivity index (χ4v) is 3.92. The maximum absolute atomic E-state index is 13.0. The average Bonchev–Trinajstić information content (AvgIpc) is 3.22. The number of hydrogen-bond acceptors (Lipinski definition) is 4. The second kappa shape index (κ2) is 10.8. The molecule has 3 aromatic carbocycles. The molecule has 0 spiro atoms. The van der Waals surface area contributed by atoms with Crippen LogP contribution in [0.3, 0.4) is 0 Å². The van der Waals surface area contributed by atoms with E-state index in [-0.39, 0.29) is 11.9 Å². The fourth-order valence-electron chi connectivity index (χ4n) is 3.92. The van der Waals surface area contributed by atoms with Crippen LogP contribution in [0.4, 0.5) is 0 Å². The highest BCUT2D eigenvalue weighted by Gasteiger charge is 2.17. The van der Waals surface area contributed by atoms with Gasteiger partial charge >= 0.3 is 0 Å². The number of carbonyl (C=O) groups excluding carboxylic acids is 1. The van der Waals surface area contributed by atoms with Crippen LogP contribution < -0.4 is 10.1 Å². The van der Waals surface area contributed by atoms with Gasteiger partial charge in [0.2, 0.25) is 5.91 Å². The first-order chi connectivity index (χ1) is 16.5. The number of carbonyl (C=O) groups is 1. The Morgan fingerprint density at radius 2 is 1.62 bits per heavy atom. The minimum absolute atomic E-state index is 0.0317. The Hall–Kier alpha value is -3.86. The minimum atomic E-state index is -0.198. The molecule has 1 unspecified atom stereocenters. The molecule has 34 heavy (non-hydrogen) atoms. The summed E-state index contributed by atoms with van der Waals surface area (Å²) in [6.07, 6.45) is 1.09. The maximum Gasteiger partial charge on any atom is 0.225 e. The Balaban J connectivity index is 1.40. The molecule has 5 heteroatoms. The van der Waals surface area contributed by atoms with Crippen molar-refractivity contribution in [2.24, 2.45) is 0 Å². The van der Waals surface area contributed by atoms with Crippen LogP contribution in [0.2, 0.25) is 0 Å². The molecule has 0 aliphatic heterocycles. The molecular weight excluding hydrogens is 424 g/mol. The summed E-state index contributed by atoms with van der Waals surface area (Å²) in [4.78, 5) is 13.0. The van der Waals surface area contributed by atoms with Crippen LogP contribution in [0.15, 0.2) is 83.4 Å². The number of hydrogen-bond donors (Lipinski definition) is 1. The second-order valence-corrected chi connectivity index (χ2v) is 8.45. The standard InChI is InChI=1S/C29H30N2O3/c1-4-27-26(21(3)34-31-27)19-33-25-16-12-22(13-17-25)18-28(32)30-29(23-8-6-5-7-9-23)24-14-10-20(2)11-15-24/h5-17,29H,4,18-19H2,1-3H3,(H,30,32). The highest BCUT2D eigenvalue weighted by Crippen LogP contribution is 2.23. The maximum atomic E-state index is 13.0. The first-order valence-corrected chi connectivity index (χ1v) is 11.6. The van der Waals surface area contributed by atoms with Gasteiger partial charge in [-0.2, -0.15) is 0 Å². The average molecular weight is 455 g/mol. The number of rotatable bonds is 9. The fraction of sp³-hybridized carbons (Fsp3) is 0.241. The van der Waals surface area contributed by atoms with E-state index in [2.05, 4.69) is 41.7 Å². The van der Waals surface area contributed by atoms with Crippen molar-refractivity contribution in [3.63, 3.8) is 0 Å². The molecule has 1 atom stereocenters. The van der Waals surface area contributed by atoms with Crippen LogP contribution in [0, 0.1) is 13.8 Å². The van der Waals surface area contributed by atoms with Crippen molar-refractivity contribution >= 4 is 5.91 Å². The topological polar surface area (TPSA) is 64.4 Å². The Morgan fingerprint density at radius 1 is 0.941 bits per heavy atom. The molecule has 1 aromatic heterocycles. The molecule has 0 saturated heterocycles. The summed E-state index contributed by atoms with van der Waals surface area (Å²) in [5, 5.41) is 7.27. The summed E-state index contributed by atoms with van der Waals surface area (Å²) < 4.78 is 11.2. The first kappa shape index (κ1) is 23.3. The zero-order valence-electron chi connectivity index (χ0n) is 19.9. The van der Waals surface area contributed by atoms with E-state index in [0.29, 0.717) is 13.0 Å². The van der Waals surface area contributed by atoms with Gasteiger partial charge in [0.25, 0.3) is 0 Å². The van der Waals surface area contributed by atoms with E-state index in [0.717, 1.165) is 45.9 Å². The number of nitrogens with zero attached hydrogens (tertiary/aromatic N) is 1. The third kappa shape index (κ3) is 5.73. The lowest BCUT2D eigenvalue weighted by Crippen LogP contribution is -2.30. The monoisotopic (exact) mass is 454 g/mol. The molecule has 0 fully saturated rings. The SMILES string of the molecule is CCc1noc(C)c1COc1ccc(CC(=O)NC(c2ccccc2)c2ccc(C)cc2)cc1. The van der Waals surface area contributed by atoms with Gasteiger partial charge in [0.1, 0.15) is 18.1 Å². The van der Waals surface area contributed by atoms with Gasteiger partial charge < -0.3 is 14.6 Å². The Labute approximate surface area is 200 Å². The van der Waals surface area contributed by atoms with Gasteiger partial charge in [0.05, 0.1) is 23.7 Å². The molecule has 4 aromatic rings. The van der Waals surface area contributed by atoms with Gasteiger partial charge in [-0.1, -0.05) is 84.4 Å². The molecule has 174 valence electrons. The quantitative estimate of drug-likeness (QED) is 0.343. The Morgan fingerprint density at radius 3 is 2.29 bits per heavy atom. The normalized spacial score (nSPS) is 11.7. The van der Waals surface area contributed by atoms with Crippen LogP contribution in [-0.4, -0.2) is 11.1 Å². The summed E-state index contributed by atoms with van der Waals surface area (Å²) in [6.45, 7) is 6.41. The molecule has 5 nitrogen and oxygen atoms in total. The molecule has 0 aliphatic rings. The van der Waals surface area contributed by atoms with Crippen molar-refractivity contribution in [1.29, 1.82) is 0 Å². The molecule has 4 rings (SSSR count). The van der Waals surface area contributed by atoms with Gasteiger partial charge in [-0.3, -0.25) is 4.79 Å². The molecule has 0 saturated carbocycles. The third-order valence-corrected chi connectivity index (χ3v) is 5.92. The number of nitrogens with one attached hydrogen (secondary N) is 1. The predicted octanol–water partition coefficient (Wildman–Crippen LogP) is 5.88. The Kier molecular flexibility index (Phi) is 7.43. The molecule has 0 aliphatic carbocycles. The van der Waals surface area contributed by atoms with Gasteiger partial charge in [0.15, 0.2) is 0 Å². The van der Waals surface area contributed by atoms with E-state index in [4.69, 9.17) is 9.26 Å². The number of aromatic nitrogens is 1. The first-order valence-electron chi connectivity index (χ1n) is 11.6. The van der Waals surface area contributed by atoms with Crippen LogP contribution >= 0.6 is 0 Å². The number of benzene rings is 3. The van der Waals surface area contributed by atoms with Crippen LogP contribution in [0.25, 0.3) is 0 Å². The zero-order chi connectivity index (χ0) is 23.9. The lowest BCUT2D eigenvalue weighted by molar-refractivity contribution is -0.120. The molecular formula is C29H30N2O3. The van der Waals surface area contributed by atoms with Gasteiger partial charge in [-0.25, -0.2) is 0 Å². The third-order valence-electron chi connectivity index (χ3n) is 5.92. The smallest absolute Gasteiger partial charge is 0.225 e. The van der Waals surface area contributed by atoms with E-state index >= 15 is 0 Å². The summed E-state index contributed by atoms with van der Waals surface area (Å²) in [5.41, 5.74) is 6.15. The van der Waals surface area contributed by atoms with Crippen molar-refractivity contribution in [2.75, 3.05) is 0 Å². The van der Waals surface area contributed by atoms with Crippen molar-refractivity contribution in [1.82, 2.24) is 10.5 Å². The minimum Gasteiger partial charge on any atom is -0.489 e. The number of amides is 1. The van der Waals surface area contributed by atoms with E-state index in [1.54, 1.807) is 0 Å². The van der Waals surface area contributed by atoms with Gasteiger partial charge in [-0.15, -0.1) is 0 Å². The van der Waals surface area contributed by atoms with Crippen LogP contribution in [-0.2, 0) is 24.2 Å². The molecule has 0 radical (unpaired) electrons. The number of ether oxygens (including phenoxy) is 1. The van der Waals surface area contributed by atoms with Crippen molar-refractivity contribution < 1.29 is 14.1 Å². The van der Waals surface area contributed by atoms with Crippen molar-refractivity contribution in [3.8, 4) is 5.75 Å². The number of aryl methyl sites for hydroxylation is 3. The van der Waals surface area contributed by atoms with Crippen LogP contribution in [0.1, 0.15) is 52.2 Å². The Bertz CT molecular complexity index is 1210. The van der Waals surface area contributed by atoms with E-state index in [1.165, 1.54) is 5.56 Å². The highest BCUT2D eigenvalue weighted by molar-refractivity contribution is 5.79. The zero-order valence-corrected chi connectivity index (χ0v) is 19.9. The summed E-state index contributed by atoms with van der Waals surface area (Å²) in [5.74, 6) is 1.50. The van der Waals surface area contributed by atoms with E-state index in [9.17, 15) is 4.79 Å². The molecule has 1 amide bonds. The van der Waals surface area contributed by atoms with Gasteiger partial charge in [0, 0.05) is 0 Å². The summed E-state index contributed by atoms with van der Waals surface area (Å²) in [7, 11) is 0. The lowest BCUT2D eigenvalue weighted by atomic mass is 9.97. The van der Waals surface area contributed by atoms with E-state index in [1.807, 2.05) is 68.4 Å². The lowest BCUT2D eigenvalue weighted by Gasteiger charge is -2.20. The second-order valence-electron chi connectivity index (χ2n) is 8.45. The molecule has 1 N–H and O–H groups in total. The van der Waals surface area contributed by atoms with Crippen molar-refractivity contribution in [3.05, 3.63) is 118 Å². The summed E-state index contributed by atoms with van der Waals surface area (Å²) >= 11 is 0. The predicted molar refractivity (Wildman–Crippen MR) is 133 cm³/mol. The van der Waals surface area contributed by atoms with Crippen LogP contribution in [0.5, 0.6) is 5.75 Å². The highest BCUT2D eigenvalue weighted by atomic mass is 16.5. The molecule has 0 bridgehead atoms.